The zero-order valence-corrected chi connectivity index (χ0v) is 16.3. The topological polar surface area (TPSA) is 64.3 Å². The molecule has 0 atom stereocenters. The van der Waals surface area contributed by atoms with E-state index in [0.717, 1.165) is 36.5 Å². The van der Waals surface area contributed by atoms with Gasteiger partial charge >= 0.3 is 0 Å². The quantitative estimate of drug-likeness (QED) is 0.717. The Morgan fingerprint density at radius 2 is 2.08 bits per heavy atom. The van der Waals surface area contributed by atoms with Gasteiger partial charge in [-0.2, -0.15) is 5.10 Å². The highest BCUT2D eigenvalue weighted by Gasteiger charge is 2.23. The number of nitrogens with zero attached hydrogens (tertiary/aromatic N) is 4. The lowest BCUT2D eigenvalue weighted by atomic mass is 10.2. The van der Waals surface area contributed by atoms with Crippen molar-refractivity contribution in [2.24, 2.45) is 0 Å². The summed E-state index contributed by atoms with van der Waals surface area (Å²) in [5.41, 5.74) is 0.978. The molecule has 0 spiro atoms. The van der Waals surface area contributed by atoms with E-state index >= 15 is 0 Å². The van der Waals surface area contributed by atoms with Gasteiger partial charge in [-0.1, -0.05) is 0 Å². The maximum Gasteiger partial charge on any atom is 0.234 e. The molecule has 3 rings (SSSR count). The fourth-order valence-electron chi connectivity index (χ4n) is 2.80. The largest absolute Gasteiger partial charge is 0.497 e. The number of aromatic nitrogens is 3. The summed E-state index contributed by atoms with van der Waals surface area (Å²) in [6, 6.07) is 8.13. The van der Waals surface area contributed by atoms with Crippen molar-refractivity contribution >= 4 is 18.1 Å². The van der Waals surface area contributed by atoms with E-state index in [9.17, 15) is 4.79 Å². The number of carbonyl (C=O) groups is 1. The van der Waals surface area contributed by atoms with Gasteiger partial charge < -0.3 is 14.6 Å². The molecule has 1 aliphatic rings. The predicted octanol–water partition coefficient (Wildman–Crippen LogP) is 2.28. The number of rotatable bonds is 8. The third kappa shape index (κ3) is 4.31. The van der Waals surface area contributed by atoms with Crippen LogP contribution in [0.3, 0.4) is 0 Å². The first kappa shape index (κ1) is 18.6. The predicted molar refractivity (Wildman–Crippen MR) is 103 cm³/mol. The van der Waals surface area contributed by atoms with Gasteiger partial charge in [-0.05, 0) is 63.3 Å². The lowest BCUT2D eigenvalue weighted by molar-refractivity contribution is -0.122. The molecular formula is C18H25N5O2S. The third-order valence-electron chi connectivity index (χ3n) is 4.32. The van der Waals surface area contributed by atoms with Crippen LogP contribution in [0.1, 0.15) is 19.8 Å². The number of hydrogen-bond acceptors (Lipinski definition) is 5. The maximum absolute atomic E-state index is 12.0. The molecule has 1 saturated carbocycles. The molecule has 2 aromatic rings. The molecule has 1 aromatic heterocycles. The molecule has 1 aromatic carbocycles. The summed E-state index contributed by atoms with van der Waals surface area (Å²) in [6.07, 6.45) is 2.18. The molecule has 0 radical (unpaired) electrons. The van der Waals surface area contributed by atoms with E-state index in [1.165, 1.54) is 0 Å². The lowest BCUT2D eigenvalue weighted by Crippen LogP contribution is -2.37. The highest BCUT2D eigenvalue weighted by Crippen LogP contribution is 2.22. The standard InChI is InChI=1S/C18H25N5O2S/c1-4-22-17(13-5-9-15(25-3)10-6-13)20-23(18(22)26)12-21(2)11-16(24)19-14-7-8-14/h5-6,9-10,14H,4,7-8,11-12H2,1-3H3,(H,19,24). The average molecular weight is 375 g/mol. The second-order valence-corrected chi connectivity index (χ2v) is 6.94. The molecule has 8 heteroatoms. The van der Waals surface area contributed by atoms with Crippen LogP contribution in [0.4, 0.5) is 0 Å². The molecule has 1 N–H and O–H groups in total. The molecule has 0 bridgehead atoms. The zero-order chi connectivity index (χ0) is 18.7. The molecule has 1 aliphatic carbocycles. The summed E-state index contributed by atoms with van der Waals surface area (Å²) in [7, 11) is 3.54. The third-order valence-corrected chi connectivity index (χ3v) is 4.75. The monoisotopic (exact) mass is 375 g/mol. The molecule has 26 heavy (non-hydrogen) atoms. The second-order valence-electron chi connectivity index (χ2n) is 6.58. The Kier molecular flexibility index (Phi) is 5.73. The van der Waals surface area contributed by atoms with Gasteiger partial charge in [0.1, 0.15) is 5.75 Å². The molecule has 0 saturated heterocycles. The van der Waals surface area contributed by atoms with Gasteiger partial charge in [-0.3, -0.25) is 9.69 Å². The smallest absolute Gasteiger partial charge is 0.234 e. The molecule has 140 valence electrons. The van der Waals surface area contributed by atoms with Crippen LogP contribution >= 0.6 is 12.2 Å². The second kappa shape index (κ2) is 8.01. The average Bonchev–Trinajstić information content (AvgIpc) is 3.38. The fraction of sp³-hybridized carbons (Fsp3) is 0.500. The summed E-state index contributed by atoms with van der Waals surface area (Å²) in [5.74, 6) is 1.67. The minimum atomic E-state index is 0.0480. The summed E-state index contributed by atoms with van der Waals surface area (Å²) < 4.78 is 9.62. The summed E-state index contributed by atoms with van der Waals surface area (Å²) >= 11 is 5.58. The minimum Gasteiger partial charge on any atom is -0.497 e. The number of amides is 1. The van der Waals surface area contributed by atoms with E-state index in [0.29, 0.717) is 24.0 Å². The summed E-state index contributed by atoms with van der Waals surface area (Å²) in [4.78, 5) is 13.9. The van der Waals surface area contributed by atoms with E-state index < -0.39 is 0 Å². The minimum absolute atomic E-state index is 0.0480. The van der Waals surface area contributed by atoms with Crippen molar-refractivity contribution in [3.63, 3.8) is 0 Å². The van der Waals surface area contributed by atoms with E-state index in [1.807, 2.05) is 47.7 Å². The Balaban J connectivity index is 1.75. The van der Waals surface area contributed by atoms with Crippen molar-refractivity contribution in [2.75, 3.05) is 20.7 Å². The van der Waals surface area contributed by atoms with Gasteiger partial charge in [0.05, 0.1) is 20.3 Å². The van der Waals surface area contributed by atoms with Crippen LogP contribution in [0.25, 0.3) is 11.4 Å². The highest BCUT2D eigenvalue weighted by molar-refractivity contribution is 7.71. The number of benzene rings is 1. The van der Waals surface area contributed by atoms with Crippen LogP contribution in [0.15, 0.2) is 24.3 Å². The van der Waals surface area contributed by atoms with Crippen LogP contribution < -0.4 is 10.1 Å². The van der Waals surface area contributed by atoms with Crippen LogP contribution in [0.5, 0.6) is 5.75 Å². The van der Waals surface area contributed by atoms with E-state index in [-0.39, 0.29) is 5.91 Å². The molecule has 1 amide bonds. The molecule has 0 aliphatic heterocycles. The maximum atomic E-state index is 12.0. The van der Waals surface area contributed by atoms with Crippen molar-refractivity contribution in [3.8, 4) is 17.1 Å². The van der Waals surface area contributed by atoms with Crippen molar-refractivity contribution < 1.29 is 9.53 Å². The van der Waals surface area contributed by atoms with Crippen molar-refractivity contribution in [1.29, 1.82) is 0 Å². The highest BCUT2D eigenvalue weighted by atomic mass is 32.1. The zero-order valence-electron chi connectivity index (χ0n) is 15.4. The normalized spacial score (nSPS) is 13.8. The molecule has 1 fully saturated rings. The van der Waals surface area contributed by atoms with Crippen LogP contribution in [0, 0.1) is 4.77 Å². The Morgan fingerprint density at radius 1 is 1.38 bits per heavy atom. The number of methoxy groups -OCH3 is 1. The van der Waals surface area contributed by atoms with E-state index in [2.05, 4.69) is 10.4 Å². The summed E-state index contributed by atoms with van der Waals surface area (Å²) in [6.45, 7) is 3.57. The van der Waals surface area contributed by atoms with Crippen LogP contribution in [-0.4, -0.2) is 51.9 Å². The van der Waals surface area contributed by atoms with Crippen LogP contribution in [0.2, 0.25) is 0 Å². The fourth-order valence-corrected chi connectivity index (χ4v) is 3.11. The molecule has 7 nitrogen and oxygen atoms in total. The first-order chi connectivity index (χ1) is 12.5. The number of ether oxygens (including phenoxy) is 1. The molecule has 1 heterocycles. The van der Waals surface area contributed by atoms with Gasteiger partial charge in [0.2, 0.25) is 5.91 Å². The Hall–Kier alpha value is -2.19. The molecule has 0 unspecified atom stereocenters. The van der Waals surface area contributed by atoms with Crippen LogP contribution in [-0.2, 0) is 18.0 Å². The number of likely N-dealkylation sites (N-methyl/N-ethyl adjacent to an activating group) is 1. The Labute approximate surface area is 158 Å². The number of nitrogens with one attached hydrogen (secondary N) is 1. The van der Waals surface area contributed by atoms with E-state index in [4.69, 9.17) is 17.0 Å². The number of carbonyl (C=O) groups excluding carboxylic acids is 1. The SMILES string of the molecule is CCn1c(-c2ccc(OC)cc2)nn(CN(C)CC(=O)NC2CC2)c1=S. The van der Waals surface area contributed by atoms with E-state index in [1.54, 1.807) is 11.8 Å². The van der Waals surface area contributed by atoms with Crippen molar-refractivity contribution in [2.45, 2.75) is 39.0 Å². The van der Waals surface area contributed by atoms with Crippen molar-refractivity contribution in [1.82, 2.24) is 24.6 Å². The molecular weight excluding hydrogens is 350 g/mol. The van der Waals surface area contributed by atoms with Crippen molar-refractivity contribution in [3.05, 3.63) is 29.0 Å². The first-order valence-corrected chi connectivity index (χ1v) is 9.22. The van der Waals surface area contributed by atoms with Gasteiger partial charge in [0, 0.05) is 18.2 Å². The lowest BCUT2D eigenvalue weighted by Gasteiger charge is -2.15. The van der Waals surface area contributed by atoms with Gasteiger partial charge in [0.25, 0.3) is 0 Å². The van der Waals surface area contributed by atoms with Gasteiger partial charge in [-0.15, -0.1) is 0 Å². The van der Waals surface area contributed by atoms with Gasteiger partial charge in [-0.25, -0.2) is 4.68 Å². The Morgan fingerprint density at radius 3 is 2.65 bits per heavy atom. The first-order valence-electron chi connectivity index (χ1n) is 8.81. The number of hydrogen-bond donors (Lipinski definition) is 1. The van der Waals surface area contributed by atoms with Gasteiger partial charge in [0.15, 0.2) is 10.6 Å². The Bertz CT molecular complexity index is 823. The summed E-state index contributed by atoms with van der Waals surface area (Å²) in [5, 5.41) is 7.68.